The maximum Gasteiger partial charge on any atom is 0.241 e. The van der Waals surface area contributed by atoms with Crippen LogP contribution in [0.3, 0.4) is 0 Å². The van der Waals surface area contributed by atoms with Gasteiger partial charge >= 0.3 is 0 Å². The smallest absolute Gasteiger partial charge is 0.241 e. The summed E-state index contributed by atoms with van der Waals surface area (Å²) in [7, 11) is -2.08. The molecule has 0 saturated heterocycles. The van der Waals surface area contributed by atoms with Gasteiger partial charge in [0.2, 0.25) is 15.7 Å². The molecule has 0 unspecified atom stereocenters. The minimum atomic E-state index is -3.90. The van der Waals surface area contributed by atoms with E-state index in [1.807, 2.05) is 26.0 Å². The number of hydrogen-bond acceptors (Lipinski definition) is 5. The van der Waals surface area contributed by atoms with Gasteiger partial charge in [-0.05, 0) is 32.0 Å². The van der Waals surface area contributed by atoms with Crippen molar-refractivity contribution in [3.63, 3.8) is 0 Å². The zero-order valence-electron chi connectivity index (χ0n) is 14.8. The van der Waals surface area contributed by atoms with Crippen LogP contribution >= 0.6 is 23.4 Å². The summed E-state index contributed by atoms with van der Waals surface area (Å²) in [5, 5.41) is 3.24. The standard InChI is InChI=1S/C17H20BClN2O3S2/c1-17(2,26(23,24)15-8-7-12(18)11-21-15)16(22)20-9-10-25-14-6-4-3-5-13(14)19/h3-8,11H,9-10,18H2,1-2H3,(H,20,22). The molecule has 1 N–H and O–H groups in total. The molecule has 1 aromatic heterocycles. The lowest BCUT2D eigenvalue weighted by Crippen LogP contribution is -2.48. The zero-order chi connectivity index (χ0) is 19.4. The Balaban J connectivity index is 1.98. The van der Waals surface area contributed by atoms with Gasteiger partial charge in [-0.15, -0.1) is 11.8 Å². The number of amides is 1. The van der Waals surface area contributed by atoms with Crippen LogP contribution in [0, 0.1) is 0 Å². The number of hydrogen-bond donors (Lipinski definition) is 1. The van der Waals surface area contributed by atoms with Crippen molar-refractivity contribution in [2.45, 2.75) is 28.5 Å². The molecule has 1 amide bonds. The molecule has 5 nitrogen and oxygen atoms in total. The minimum absolute atomic E-state index is 0.103. The van der Waals surface area contributed by atoms with Gasteiger partial charge in [0.25, 0.3) is 0 Å². The number of rotatable bonds is 7. The summed E-state index contributed by atoms with van der Waals surface area (Å²) >= 11 is 7.58. The van der Waals surface area contributed by atoms with E-state index < -0.39 is 20.5 Å². The average Bonchev–Trinajstić information content (AvgIpc) is 2.60. The van der Waals surface area contributed by atoms with E-state index in [9.17, 15) is 13.2 Å². The van der Waals surface area contributed by atoms with Crippen LogP contribution < -0.4 is 10.8 Å². The lowest BCUT2D eigenvalue weighted by molar-refractivity contribution is -0.122. The third-order valence-corrected chi connectivity index (χ3v) is 7.70. The molecule has 0 aliphatic carbocycles. The normalized spacial score (nSPS) is 12.0. The van der Waals surface area contributed by atoms with Crippen molar-refractivity contribution in [3.05, 3.63) is 47.6 Å². The van der Waals surface area contributed by atoms with Gasteiger partial charge in [-0.2, -0.15) is 0 Å². The highest BCUT2D eigenvalue weighted by Gasteiger charge is 2.43. The van der Waals surface area contributed by atoms with E-state index in [-0.39, 0.29) is 5.03 Å². The second kappa shape index (κ2) is 8.46. The summed E-state index contributed by atoms with van der Waals surface area (Å²) in [6.07, 6.45) is 1.47. The van der Waals surface area contributed by atoms with Gasteiger partial charge in [0.05, 0.1) is 5.02 Å². The minimum Gasteiger partial charge on any atom is -0.354 e. The first-order valence-electron chi connectivity index (χ1n) is 7.99. The van der Waals surface area contributed by atoms with E-state index in [1.54, 1.807) is 12.1 Å². The number of nitrogens with one attached hydrogen (secondary N) is 1. The third kappa shape index (κ3) is 4.61. The summed E-state index contributed by atoms with van der Waals surface area (Å²) < 4.78 is 23.9. The van der Waals surface area contributed by atoms with Crippen LogP contribution in [-0.2, 0) is 14.6 Å². The van der Waals surface area contributed by atoms with Crippen molar-refractivity contribution in [1.82, 2.24) is 10.3 Å². The summed E-state index contributed by atoms with van der Waals surface area (Å²) in [6, 6.07) is 10.5. The fourth-order valence-corrected chi connectivity index (χ4v) is 4.48. The maximum atomic E-state index is 12.8. The highest BCUT2D eigenvalue weighted by molar-refractivity contribution is 7.99. The summed E-state index contributed by atoms with van der Waals surface area (Å²) in [4.78, 5) is 17.4. The van der Waals surface area contributed by atoms with Crippen molar-refractivity contribution in [2.24, 2.45) is 0 Å². The van der Waals surface area contributed by atoms with Gasteiger partial charge in [0.1, 0.15) is 7.85 Å². The number of thioether (sulfide) groups is 1. The highest BCUT2D eigenvalue weighted by atomic mass is 35.5. The van der Waals surface area contributed by atoms with E-state index in [0.29, 0.717) is 17.3 Å². The molecular formula is C17H20BClN2O3S2. The van der Waals surface area contributed by atoms with Crippen LogP contribution in [0.25, 0.3) is 0 Å². The molecule has 1 heterocycles. The summed E-state index contributed by atoms with van der Waals surface area (Å²) in [5.41, 5.74) is 0.850. The second-order valence-electron chi connectivity index (χ2n) is 6.22. The molecule has 0 fully saturated rings. The van der Waals surface area contributed by atoms with Crippen LogP contribution in [0.5, 0.6) is 0 Å². The van der Waals surface area contributed by atoms with Gasteiger partial charge in [0, 0.05) is 23.4 Å². The number of carbonyl (C=O) groups excluding carboxylic acids is 1. The first kappa shape index (κ1) is 20.8. The van der Waals surface area contributed by atoms with Crippen molar-refractivity contribution in [2.75, 3.05) is 12.3 Å². The van der Waals surface area contributed by atoms with Crippen molar-refractivity contribution in [3.8, 4) is 0 Å². The molecule has 26 heavy (non-hydrogen) atoms. The molecule has 0 atom stereocenters. The third-order valence-electron chi connectivity index (χ3n) is 3.86. The lowest BCUT2D eigenvalue weighted by Gasteiger charge is -2.23. The van der Waals surface area contributed by atoms with Crippen molar-refractivity contribution < 1.29 is 13.2 Å². The number of halogens is 1. The molecular weight excluding hydrogens is 391 g/mol. The Labute approximate surface area is 164 Å². The Morgan fingerprint density at radius 1 is 1.27 bits per heavy atom. The molecule has 0 bridgehead atoms. The fourth-order valence-electron chi connectivity index (χ4n) is 2.10. The zero-order valence-corrected chi connectivity index (χ0v) is 17.2. The molecule has 0 saturated carbocycles. The van der Waals surface area contributed by atoms with Crippen LogP contribution in [0.2, 0.25) is 5.02 Å². The van der Waals surface area contributed by atoms with Crippen LogP contribution in [0.4, 0.5) is 0 Å². The Morgan fingerprint density at radius 3 is 2.58 bits per heavy atom. The molecule has 9 heteroatoms. The number of nitrogens with zero attached hydrogens (tertiary/aromatic N) is 1. The van der Waals surface area contributed by atoms with Crippen LogP contribution in [0.15, 0.2) is 52.5 Å². The summed E-state index contributed by atoms with van der Waals surface area (Å²) in [6.45, 7) is 3.11. The Bertz CT molecular complexity index is 887. The molecule has 0 radical (unpaired) electrons. The molecule has 0 aliphatic heterocycles. The van der Waals surface area contributed by atoms with E-state index in [4.69, 9.17) is 11.6 Å². The number of pyridine rings is 1. The largest absolute Gasteiger partial charge is 0.354 e. The SMILES string of the molecule is Bc1ccc(S(=O)(=O)C(C)(C)C(=O)NCCSc2ccccc2Cl)nc1. The van der Waals surface area contributed by atoms with Crippen LogP contribution in [-0.4, -0.2) is 44.2 Å². The van der Waals surface area contributed by atoms with Gasteiger partial charge in [-0.25, -0.2) is 13.4 Å². The molecule has 2 aromatic rings. The highest BCUT2D eigenvalue weighted by Crippen LogP contribution is 2.26. The monoisotopic (exact) mass is 410 g/mol. The van der Waals surface area contributed by atoms with Gasteiger partial charge in [0.15, 0.2) is 9.77 Å². The molecule has 138 valence electrons. The molecule has 2 rings (SSSR count). The number of aromatic nitrogens is 1. The first-order chi connectivity index (χ1) is 12.2. The Kier molecular flexibility index (Phi) is 6.77. The van der Waals surface area contributed by atoms with E-state index in [2.05, 4.69) is 10.3 Å². The van der Waals surface area contributed by atoms with Crippen LogP contribution in [0.1, 0.15) is 13.8 Å². The van der Waals surface area contributed by atoms with E-state index in [0.717, 1.165) is 10.4 Å². The number of sulfone groups is 1. The predicted molar refractivity (Wildman–Crippen MR) is 109 cm³/mol. The topological polar surface area (TPSA) is 76.1 Å². The van der Waals surface area contributed by atoms with E-state index in [1.165, 1.54) is 37.9 Å². The summed E-state index contributed by atoms with van der Waals surface area (Å²) in [5.74, 6) is 0.0219. The van der Waals surface area contributed by atoms with Crippen molar-refractivity contribution in [1.29, 1.82) is 0 Å². The molecule has 1 aromatic carbocycles. The second-order valence-corrected chi connectivity index (χ2v) is 10.2. The van der Waals surface area contributed by atoms with Gasteiger partial charge in [-0.3, -0.25) is 4.79 Å². The quantitative estimate of drug-likeness (QED) is 0.425. The average molecular weight is 411 g/mol. The molecule has 0 spiro atoms. The lowest BCUT2D eigenvalue weighted by atomic mass is 9.99. The fraction of sp³-hybridized carbons (Fsp3) is 0.294. The van der Waals surface area contributed by atoms with Crippen molar-refractivity contribution >= 4 is 52.4 Å². The van der Waals surface area contributed by atoms with Gasteiger partial charge in [-0.1, -0.05) is 35.3 Å². The Hall–Kier alpha value is -1.51. The number of carbonyl (C=O) groups is 1. The predicted octanol–water partition coefficient (Wildman–Crippen LogP) is 1.45. The van der Waals surface area contributed by atoms with Gasteiger partial charge < -0.3 is 5.32 Å². The Morgan fingerprint density at radius 2 is 1.96 bits per heavy atom. The first-order valence-corrected chi connectivity index (χ1v) is 10.8. The maximum absolute atomic E-state index is 12.8. The molecule has 0 aliphatic rings. The van der Waals surface area contributed by atoms with E-state index >= 15 is 0 Å². The number of benzene rings is 1.